The Kier molecular flexibility index (Phi) is 3.40. The maximum Gasteiger partial charge on any atom is 0.113 e. The normalized spacial score (nSPS) is 27.7. The Morgan fingerprint density at radius 2 is 2.04 bits per heavy atom. The first kappa shape index (κ1) is 15.2. The lowest BCUT2D eigenvalue weighted by molar-refractivity contribution is -0.0234. The SMILES string of the molecule is C[C@H]1C[C@@](O)(c2ccc3c(c2)nnn3C)C[C@@H](c2cn(C)nn2)N1. The third-order valence-corrected chi connectivity index (χ3v) is 4.80. The molecule has 1 aliphatic heterocycles. The number of hydrogen-bond donors (Lipinski definition) is 2. The van der Waals surface area contributed by atoms with Crippen molar-refractivity contribution >= 4 is 11.0 Å². The van der Waals surface area contributed by atoms with Gasteiger partial charge < -0.3 is 10.4 Å². The summed E-state index contributed by atoms with van der Waals surface area (Å²) in [6.07, 6.45) is 3.07. The van der Waals surface area contributed by atoms with Gasteiger partial charge in [-0.05, 0) is 31.0 Å². The molecule has 8 heteroatoms. The number of benzene rings is 1. The smallest absolute Gasteiger partial charge is 0.113 e. The summed E-state index contributed by atoms with van der Waals surface area (Å²) in [4.78, 5) is 0. The Hall–Kier alpha value is -2.32. The molecule has 0 amide bonds. The minimum Gasteiger partial charge on any atom is -0.385 e. The van der Waals surface area contributed by atoms with Crippen molar-refractivity contribution in [3.63, 3.8) is 0 Å². The Labute approximate surface area is 139 Å². The second-order valence-electron chi connectivity index (χ2n) is 6.79. The molecule has 0 aliphatic carbocycles. The van der Waals surface area contributed by atoms with E-state index in [-0.39, 0.29) is 12.1 Å². The average molecular weight is 327 g/mol. The van der Waals surface area contributed by atoms with Crippen molar-refractivity contribution in [3.8, 4) is 0 Å². The molecule has 0 radical (unpaired) electrons. The van der Waals surface area contributed by atoms with Crippen molar-refractivity contribution in [2.24, 2.45) is 14.1 Å². The van der Waals surface area contributed by atoms with Gasteiger partial charge in [-0.1, -0.05) is 16.5 Å². The topological polar surface area (TPSA) is 93.7 Å². The fraction of sp³-hybridized carbons (Fsp3) is 0.500. The molecule has 3 atom stereocenters. The van der Waals surface area contributed by atoms with Crippen LogP contribution < -0.4 is 5.32 Å². The Balaban J connectivity index is 1.70. The summed E-state index contributed by atoms with van der Waals surface area (Å²) in [5.74, 6) is 0. The number of nitrogens with one attached hydrogen (secondary N) is 1. The van der Waals surface area contributed by atoms with E-state index in [1.807, 2.05) is 38.5 Å². The van der Waals surface area contributed by atoms with Gasteiger partial charge in [-0.15, -0.1) is 10.2 Å². The van der Waals surface area contributed by atoms with E-state index in [9.17, 15) is 5.11 Å². The van der Waals surface area contributed by atoms with Crippen molar-refractivity contribution in [1.82, 2.24) is 35.3 Å². The molecule has 2 aromatic heterocycles. The van der Waals surface area contributed by atoms with E-state index in [1.165, 1.54) is 0 Å². The number of aryl methyl sites for hydroxylation is 2. The minimum absolute atomic E-state index is 0.0370. The Morgan fingerprint density at radius 1 is 1.21 bits per heavy atom. The van der Waals surface area contributed by atoms with Gasteiger partial charge in [-0.2, -0.15) is 0 Å². The molecule has 0 saturated carbocycles. The number of hydrogen-bond acceptors (Lipinski definition) is 6. The van der Waals surface area contributed by atoms with E-state index in [0.29, 0.717) is 12.8 Å². The highest BCUT2D eigenvalue weighted by Crippen LogP contribution is 2.40. The second kappa shape index (κ2) is 5.35. The van der Waals surface area contributed by atoms with E-state index in [0.717, 1.165) is 22.3 Å². The standard InChI is InChI=1S/C16H21N7O/c1-10-7-16(24,8-13(17-10)14-9-22(2)20-19-14)11-4-5-15-12(6-11)18-21-23(15)3/h4-6,9-10,13,17,24H,7-8H2,1-3H3/t10-,13-,16-/m0/s1. The number of fused-ring (bicyclic) bond motifs is 1. The summed E-state index contributed by atoms with van der Waals surface area (Å²) in [7, 11) is 3.71. The van der Waals surface area contributed by atoms with Crippen LogP contribution in [0.5, 0.6) is 0 Å². The summed E-state index contributed by atoms with van der Waals surface area (Å²) >= 11 is 0. The van der Waals surface area contributed by atoms with Gasteiger partial charge in [-0.3, -0.25) is 4.68 Å². The first-order valence-electron chi connectivity index (χ1n) is 8.09. The van der Waals surface area contributed by atoms with Crippen LogP contribution in [0.25, 0.3) is 11.0 Å². The Morgan fingerprint density at radius 3 is 2.79 bits per heavy atom. The maximum atomic E-state index is 11.4. The highest BCUT2D eigenvalue weighted by atomic mass is 16.3. The van der Waals surface area contributed by atoms with E-state index < -0.39 is 5.60 Å². The number of aromatic nitrogens is 6. The minimum atomic E-state index is -0.932. The van der Waals surface area contributed by atoms with Crippen LogP contribution in [0.2, 0.25) is 0 Å². The summed E-state index contributed by atoms with van der Waals surface area (Å²) < 4.78 is 3.41. The fourth-order valence-electron chi connectivity index (χ4n) is 3.67. The first-order chi connectivity index (χ1) is 11.4. The zero-order valence-corrected chi connectivity index (χ0v) is 14.0. The van der Waals surface area contributed by atoms with Gasteiger partial charge in [0.05, 0.1) is 22.9 Å². The zero-order valence-electron chi connectivity index (χ0n) is 14.0. The first-order valence-corrected chi connectivity index (χ1v) is 8.09. The number of piperidine rings is 1. The Bertz CT molecular complexity index is 886. The van der Waals surface area contributed by atoms with Gasteiger partial charge in [0.25, 0.3) is 0 Å². The molecule has 8 nitrogen and oxygen atoms in total. The van der Waals surface area contributed by atoms with Crippen LogP contribution >= 0.6 is 0 Å². The summed E-state index contributed by atoms with van der Waals surface area (Å²) in [6, 6.07) is 6.00. The van der Waals surface area contributed by atoms with Gasteiger partial charge >= 0.3 is 0 Å². The van der Waals surface area contributed by atoms with Gasteiger partial charge in [0.1, 0.15) is 5.52 Å². The van der Waals surface area contributed by atoms with Crippen LogP contribution in [0.15, 0.2) is 24.4 Å². The van der Waals surface area contributed by atoms with Crippen molar-refractivity contribution < 1.29 is 5.11 Å². The second-order valence-corrected chi connectivity index (χ2v) is 6.79. The third-order valence-electron chi connectivity index (χ3n) is 4.80. The molecule has 1 saturated heterocycles. The molecule has 0 bridgehead atoms. The van der Waals surface area contributed by atoms with Gasteiger partial charge in [0.2, 0.25) is 0 Å². The molecule has 1 aromatic carbocycles. The molecule has 24 heavy (non-hydrogen) atoms. The van der Waals surface area contributed by atoms with Gasteiger partial charge in [-0.25, -0.2) is 4.68 Å². The molecular formula is C16H21N7O. The lowest BCUT2D eigenvalue weighted by Crippen LogP contribution is -2.47. The number of rotatable bonds is 2. The van der Waals surface area contributed by atoms with Crippen LogP contribution in [0.1, 0.15) is 37.1 Å². The molecule has 3 aromatic rings. The van der Waals surface area contributed by atoms with Crippen LogP contribution in [-0.4, -0.2) is 41.1 Å². The predicted molar refractivity (Wildman–Crippen MR) is 88.0 cm³/mol. The monoisotopic (exact) mass is 327 g/mol. The maximum absolute atomic E-state index is 11.4. The molecule has 4 rings (SSSR count). The van der Waals surface area contributed by atoms with Crippen molar-refractivity contribution in [2.75, 3.05) is 0 Å². The summed E-state index contributed by atoms with van der Waals surface area (Å²) in [5, 5.41) is 31.3. The molecule has 3 heterocycles. The number of aliphatic hydroxyl groups is 1. The van der Waals surface area contributed by atoms with E-state index in [2.05, 4.69) is 32.9 Å². The lowest BCUT2D eigenvalue weighted by atomic mass is 9.78. The van der Waals surface area contributed by atoms with E-state index >= 15 is 0 Å². The van der Waals surface area contributed by atoms with Crippen LogP contribution in [0.3, 0.4) is 0 Å². The van der Waals surface area contributed by atoms with Crippen molar-refractivity contribution in [3.05, 3.63) is 35.7 Å². The molecule has 1 aliphatic rings. The average Bonchev–Trinajstić information content (AvgIpc) is 3.13. The summed E-state index contributed by atoms with van der Waals surface area (Å²) in [5.41, 5.74) is 2.54. The molecular weight excluding hydrogens is 306 g/mol. The number of nitrogens with zero attached hydrogens (tertiary/aromatic N) is 6. The van der Waals surface area contributed by atoms with Crippen LogP contribution in [-0.2, 0) is 19.7 Å². The molecule has 2 N–H and O–H groups in total. The largest absolute Gasteiger partial charge is 0.385 e. The van der Waals surface area contributed by atoms with Crippen LogP contribution in [0.4, 0.5) is 0 Å². The summed E-state index contributed by atoms with van der Waals surface area (Å²) in [6.45, 7) is 2.08. The molecule has 126 valence electrons. The quantitative estimate of drug-likeness (QED) is 0.723. The molecule has 0 unspecified atom stereocenters. The highest BCUT2D eigenvalue weighted by molar-refractivity contribution is 5.75. The van der Waals surface area contributed by atoms with E-state index in [1.54, 1.807) is 9.36 Å². The molecule has 1 fully saturated rings. The molecule has 0 spiro atoms. The van der Waals surface area contributed by atoms with Crippen molar-refractivity contribution in [1.29, 1.82) is 0 Å². The predicted octanol–water partition coefficient (Wildman–Crippen LogP) is 0.798. The zero-order chi connectivity index (χ0) is 16.9. The van der Waals surface area contributed by atoms with Gasteiger partial charge in [0.15, 0.2) is 0 Å². The fourth-order valence-corrected chi connectivity index (χ4v) is 3.67. The lowest BCUT2D eigenvalue weighted by Gasteiger charge is -2.40. The van der Waals surface area contributed by atoms with Gasteiger partial charge in [0, 0.05) is 32.8 Å². The van der Waals surface area contributed by atoms with E-state index in [4.69, 9.17) is 0 Å². The van der Waals surface area contributed by atoms with Crippen molar-refractivity contribution in [2.45, 2.75) is 37.5 Å². The van der Waals surface area contributed by atoms with Crippen LogP contribution in [0, 0.1) is 0 Å². The third kappa shape index (κ3) is 2.47. The highest BCUT2D eigenvalue weighted by Gasteiger charge is 2.40.